The molecule has 15 nitrogen and oxygen atoms in total. The number of rotatable bonds is 18. The second kappa shape index (κ2) is 19.7. The van der Waals surface area contributed by atoms with Gasteiger partial charge in [-0.15, -0.1) is 11.6 Å². The summed E-state index contributed by atoms with van der Waals surface area (Å²) in [6.07, 6.45) is 1.36. The minimum atomic E-state index is -1.22. The highest BCUT2D eigenvalue weighted by atomic mass is 35.5. The van der Waals surface area contributed by atoms with Crippen molar-refractivity contribution in [1.29, 1.82) is 0 Å². The summed E-state index contributed by atoms with van der Waals surface area (Å²) < 4.78 is 0. The molecule has 3 unspecified atom stereocenters. The number of carboxylic acids is 1. The van der Waals surface area contributed by atoms with Crippen LogP contribution in [0.1, 0.15) is 50.5 Å². The normalized spacial score (nSPS) is 15.9. The van der Waals surface area contributed by atoms with E-state index >= 15 is 0 Å². The van der Waals surface area contributed by atoms with Crippen LogP contribution in [0.4, 0.5) is 0 Å². The van der Waals surface area contributed by atoms with Gasteiger partial charge < -0.3 is 43.2 Å². The number of halogens is 1. The Morgan fingerprint density at radius 2 is 1.54 bits per heavy atom. The second-order valence-electron chi connectivity index (χ2n) is 12.0. The van der Waals surface area contributed by atoms with Crippen molar-refractivity contribution in [3.63, 3.8) is 0 Å². The van der Waals surface area contributed by atoms with E-state index in [0.29, 0.717) is 24.8 Å². The zero-order chi connectivity index (χ0) is 36.6. The van der Waals surface area contributed by atoms with E-state index in [-0.39, 0.29) is 44.7 Å². The minimum absolute atomic E-state index is 0.0415. The van der Waals surface area contributed by atoms with Crippen molar-refractivity contribution in [1.82, 2.24) is 20.9 Å². The van der Waals surface area contributed by atoms with E-state index in [1.165, 1.54) is 4.90 Å². The number of alkyl halides is 1. The molecule has 50 heavy (non-hydrogen) atoms. The quantitative estimate of drug-likeness (QED) is 0.0487. The Bertz CT molecular complexity index is 1520. The van der Waals surface area contributed by atoms with Gasteiger partial charge in [0.1, 0.15) is 30.0 Å². The fraction of sp³-hybridized carbons (Fsp3) is 0.441. The van der Waals surface area contributed by atoms with Crippen molar-refractivity contribution >= 4 is 53.1 Å². The topological polar surface area (TPSA) is 252 Å². The molecule has 2 aromatic carbocycles. The van der Waals surface area contributed by atoms with Crippen LogP contribution in [0.15, 0.2) is 59.6 Å². The van der Waals surface area contributed by atoms with Gasteiger partial charge in [0.15, 0.2) is 5.96 Å². The number of benzene rings is 2. The third-order valence-corrected chi connectivity index (χ3v) is 8.47. The molecule has 2 aromatic rings. The molecule has 0 aliphatic carbocycles. The van der Waals surface area contributed by atoms with Crippen LogP contribution >= 0.6 is 11.6 Å². The number of nitrogens with zero attached hydrogens (tertiary/aromatic N) is 2. The summed E-state index contributed by atoms with van der Waals surface area (Å²) >= 11 is 5.63. The monoisotopic (exact) mass is 712 g/mol. The Labute approximate surface area is 295 Å². The highest BCUT2D eigenvalue weighted by molar-refractivity contribution is 6.27. The molecule has 1 saturated heterocycles. The Hall–Kier alpha value is -5.18. The standard InChI is InChI=1S/C34H45ClN8O7/c35-20-28(44)40-25(15-16-29(45)46)33(50)43-18-5-4-10-27(43)32(49)42-26(31(48)41-24(30(36)47)9-6-17-39-34(37)38)19-21-11-13-23(14-12-21)22-7-2-1-3-8-22/h1-3,7-8,11-14,24-27H,4-6,9-10,15-20H2,(H2,36,47)(H,40,44)(H,41,48)(H,42,49)(H,45,46)(H4,37,38,39)/t24?,25?,26?,27-/m0/s1. The Kier molecular flexibility index (Phi) is 15.5. The lowest BCUT2D eigenvalue weighted by atomic mass is 9.97. The molecular weight excluding hydrogens is 668 g/mol. The van der Waals surface area contributed by atoms with Crippen molar-refractivity contribution in [3.8, 4) is 11.1 Å². The van der Waals surface area contributed by atoms with Crippen molar-refractivity contribution in [2.75, 3.05) is 19.0 Å². The van der Waals surface area contributed by atoms with Gasteiger partial charge in [0.2, 0.25) is 29.5 Å². The number of hydrogen-bond acceptors (Lipinski definition) is 7. The smallest absolute Gasteiger partial charge is 0.303 e. The Morgan fingerprint density at radius 3 is 2.16 bits per heavy atom. The summed E-state index contributed by atoms with van der Waals surface area (Å²) in [5.74, 6) is -5.08. The maximum absolute atomic E-state index is 13.9. The summed E-state index contributed by atoms with van der Waals surface area (Å²) in [6.45, 7) is 0.384. The fourth-order valence-corrected chi connectivity index (χ4v) is 5.74. The number of aliphatic carboxylic acids is 1. The van der Waals surface area contributed by atoms with Crippen molar-refractivity contribution < 1.29 is 33.9 Å². The van der Waals surface area contributed by atoms with E-state index in [4.69, 9.17) is 28.8 Å². The summed E-state index contributed by atoms with van der Waals surface area (Å²) in [6, 6.07) is 12.6. The fourth-order valence-electron chi connectivity index (χ4n) is 5.66. The first-order chi connectivity index (χ1) is 23.9. The molecule has 10 N–H and O–H groups in total. The number of likely N-dealkylation sites (tertiary alicyclic amines) is 1. The summed E-state index contributed by atoms with van der Waals surface area (Å²) in [7, 11) is 0. The van der Waals surface area contributed by atoms with Gasteiger partial charge in [-0.2, -0.15) is 0 Å². The maximum atomic E-state index is 13.9. The van der Waals surface area contributed by atoms with Crippen LogP contribution in [-0.2, 0) is 35.2 Å². The average Bonchev–Trinajstić information content (AvgIpc) is 3.10. The van der Waals surface area contributed by atoms with Crippen molar-refractivity contribution in [3.05, 3.63) is 60.2 Å². The summed E-state index contributed by atoms with van der Waals surface area (Å²) in [4.78, 5) is 82.1. The minimum Gasteiger partial charge on any atom is -0.481 e. The van der Waals surface area contributed by atoms with Gasteiger partial charge in [0.05, 0.1) is 0 Å². The molecule has 0 aromatic heterocycles. The number of amides is 5. The first-order valence-corrected chi connectivity index (χ1v) is 16.9. The molecular formula is C34H45ClN8O7. The number of primary amides is 1. The van der Waals surface area contributed by atoms with Gasteiger partial charge in [0, 0.05) is 25.9 Å². The van der Waals surface area contributed by atoms with Gasteiger partial charge in [-0.1, -0.05) is 54.6 Å². The maximum Gasteiger partial charge on any atom is 0.303 e. The molecule has 5 amide bonds. The lowest BCUT2D eigenvalue weighted by molar-refractivity contribution is -0.146. The lowest BCUT2D eigenvalue weighted by Crippen LogP contribution is -2.60. The molecule has 0 bridgehead atoms. The number of hydrogen-bond donors (Lipinski definition) is 7. The average molecular weight is 713 g/mol. The third kappa shape index (κ3) is 12.4. The van der Waals surface area contributed by atoms with Gasteiger partial charge in [0.25, 0.3) is 0 Å². The molecule has 16 heteroatoms. The largest absolute Gasteiger partial charge is 0.481 e. The van der Waals surface area contributed by atoms with E-state index in [0.717, 1.165) is 11.1 Å². The van der Waals surface area contributed by atoms with Gasteiger partial charge in [-0.05, 0) is 55.2 Å². The Morgan fingerprint density at radius 1 is 0.860 bits per heavy atom. The zero-order valence-electron chi connectivity index (χ0n) is 27.7. The first kappa shape index (κ1) is 39.3. The van der Waals surface area contributed by atoms with Crippen LogP contribution < -0.4 is 33.2 Å². The molecule has 0 radical (unpaired) electrons. The van der Waals surface area contributed by atoms with Gasteiger partial charge in [-0.25, -0.2) is 0 Å². The third-order valence-electron chi connectivity index (χ3n) is 8.23. The number of piperidine rings is 1. The number of carboxylic acid groups (broad SMARTS) is 1. The number of carbonyl (C=O) groups is 6. The molecule has 270 valence electrons. The lowest BCUT2D eigenvalue weighted by Gasteiger charge is -2.37. The van der Waals surface area contributed by atoms with E-state index < -0.39 is 72.0 Å². The molecule has 1 aliphatic rings. The zero-order valence-corrected chi connectivity index (χ0v) is 28.4. The van der Waals surface area contributed by atoms with E-state index in [1.807, 2.05) is 54.6 Å². The molecule has 1 heterocycles. The summed E-state index contributed by atoms with van der Waals surface area (Å²) in [5.41, 5.74) is 19.0. The summed E-state index contributed by atoms with van der Waals surface area (Å²) in [5, 5.41) is 17.1. The predicted molar refractivity (Wildman–Crippen MR) is 187 cm³/mol. The van der Waals surface area contributed by atoms with Crippen molar-refractivity contribution in [2.24, 2.45) is 22.2 Å². The van der Waals surface area contributed by atoms with Crippen molar-refractivity contribution in [2.45, 2.75) is 75.5 Å². The number of nitrogens with one attached hydrogen (secondary N) is 3. The molecule has 0 spiro atoms. The Balaban J connectivity index is 1.85. The molecule has 4 atom stereocenters. The van der Waals surface area contributed by atoms with Crippen LogP contribution in [-0.4, -0.2) is 94.6 Å². The highest BCUT2D eigenvalue weighted by Gasteiger charge is 2.38. The first-order valence-electron chi connectivity index (χ1n) is 16.4. The van der Waals surface area contributed by atoms with Crippen LogP contribution in [0, 0.1) is 0 Å². The van der Waals surface area contributed by atoms with Crippen LogP contribution in [0.3, 0.4) is 0 Å². The second-order valence-corrected chi connectivity index (χ2v) is 12.2. The van der Waals surface area contributed by atoms with Crippen LogP contribution in [0.2, 0.25) is 0 Å². The molecule has 3 rings (SSSR count). The molecule has 1 aliphatic heterocycles. The highest BCUT2D eigenvalue weighted by Crippen LogP contribution is 2.22. The van der Waals surface area contributed by atoms with E-state index in [2.05, 4.69) is 20.9 Å². The van der Waals surface area contributed by atoms with Crippen LogP contribution in [0.5, 0.6) is 0 Å². The van der Waals surface area contributed by atoms with Crippen LogP contribution in [0.25, 0.3) is 11.1 Å². The van der Waals surface area contributed by atoms with Gasteiger partial charge >= 0.3 is 5.97 Å². The SMILES string of the molecule is NC(=O)C(CCCN=C(N)N)NC(=O)C(Cc1ccc(-c2ccccc2)cc1)NC(=O)[C@@H]1CCCCN1C(=O)C(CCC(=O)O)NC(=O)CCl. The molecule has 1 fully saturated rings. The van der Waals surface area contributed by atoms with Gasteiger partial charge in [-0.3, -0.25) is 33.8 Å². The number of aliphatic imine (C=N–C) groups is 1. The number of guanidine groups is 1. The predicted octanol–water partition coefficient (Wildman–Crippen LogP) is 0.374. The molecule has 0 saturated carbocycles. The van der Waals surface area contributed by atoms with E-state index in [9.17, 15) is 33.9 Å². The number of carbonyl (C=O) groups excluding carboxylic acids is 5. The number of nitrogens with two attached hydrogens (primary N) is 3. The van der Waals surface area contributed by atoms with E-state index in [1.54, 1.807) is 0 Å².